The van der Waals surface area contributed by atoms with Crippen LogP contribution in [0.5, 0.6) is 0 Å². The van der Waals surface area contributed by atoms with E-state index in [1.54, 1.807) is 0 Å². The monoisotopic (exact) mass is 903 g/mol. The average molecular weight is 904 g/mol. The van der Waals surface area contributed by atoms with Crippen molar-refractivity contribution in [3.63, 3.8) is 0 Å². The molecule has 1 heterocycles. The quantitative estimate of drug-likeness (QED) is 0.151. The number of fused-ring (bicyclic) bond motifs is 8. The second kappa shape index (κ2) is 16.5. The van der Waals surface area contributed by atoms with Crippen molar-refractivity contribution in [2.75, 3.05) is 4.90 Å². The zero-order valence-electron chi connectivity index (χ0n) is 38.8. The molecule has 2 heteroatoms. The van der Waals surface area contributed by atoms with E-state index in [9.17, 15) is 0 Å². The third kappa shape index (κ3) is 6.57. The first-order valence-corrected chi connectivity index (χ1v) is 24.5. The Bertz CT molecular complexity index is 4130. The van der Waals surface area contributed by atoms with Gasteiger partial charge in [-0.2, -0.15) is 0 Å². The smallest absolute Gasteiger partial charge is 0.136 e. The number of anilines is 3. The van der Waals surface area contributed by atoms with Crippen molar-refractivity contribution < 1.29 is 4.42 Å². The highest BCUT2D eigenvalue weighted by molar-refractivity contribution is 6.11. The van der Waals surface area contributed by atoms with Crippen LogP contribution >= 0.6 is 0 Å². The Morgan fingerprint density at radius 3 is 1.59 bits per heavy atom. The molecular formula is C69H45NO. The minimum Gasteiger partial charge on any atom is -0.456 e. The Morgan fingerprint density at radius 2 is 0.831 bits per heavy atom. The molecule has 14 rings (SSSR count). The summed E-state index contributed by atoms with van der Waals surface area (Å²) in [6.45, 7) is 0. The summed E-state index contributed by atoms with van der Waals surface area (Å²) in [5.74, 6) is 0. The summed E-state index contributed by atoms with van der Waals surface area (Å²) in [6.07, 6.45) is 0. The lowest BCUT2D eigenvalue weighted by molar-refractivity contribution is 0.669. The Balaban J connectivity index is 0.975. The molecule has 0 amide bonds. The fourth-order valence-corrected chi connectivity index (χ4v) is 11.7. The predicted octanol–water partition coefficient (Wildman–Crippen LogP) is 18.7. The van der Waals surface area contributed by atoms with Crippen molar-refractivity contribution in [1.82, 2.24) is 0 Å². The van der Waals surface area contributed by atoms with Crippen LogP contribution in [0.1, 0.15) is 22.3 Å². The summed E-state index contributed by atoms with van der Waals surface area (Å²) in [5, 5.41) is 7.08. The van der Waals surface area contributed by atoms with E-state index in [0.717, 1.165) is 55.7 Å². The second-order valence-electron chi connectivity index (χ2n) is 18.8. The van der Waals surface area contributed by atoms with Crippen molar-refractivity contribution in [2.24, 2.45) is 0 Å². The fourth-order valence-electron chi connectivity index (χ4n) is 11.7. The van der Waals surface area contributed by atoms with Crippen LogP contribution in [0.3, 0.4) is 0 Å². The third-order valence-electron chi connectivity index (χ3n) is 14.9. The minimum atomic E-state index is -0.549. The van der Waals surface area contributed by atoms with Crippen LogP contribution in [0.4, 0.5) is 17.1 Å². The Hall–Kier alpha value is -9.24. The maximum Gasteiger partial charge on any atom is 0.136 e. The summed E-state index contributed by atoms with van der Waals surface area (Å²) in [4.78, 5) is 2.50. The fraction of sp³-hybridized carbons (Fsp3) is 0.0145. The second-order valence-corrected chi connectivity index (χ2v) is 18.8. The topological polar surface area (TPSA) is 16.4 Å². The lowest BCUT2D eigenvalue weighted by Crippen LogP contribution is -2.28. The van der Waals surface area contributed by atoms with E-state index in [-0.39, 0.29) is 0 Å². The number of hydrogen-bond acceptors (Lipinski definition) is 2. The first kappa shape index (κ1) is 40.8. The maximum absolute atomic E-state index is 6.53. The number of benzene rings is 12. The summed E-state index contributed by atoms with van der Waals surface area (Å²) >= 11 is 0. The van der Waals surface area contributed by atoms with Gasteiger partial charge >= 0.3 is 0 Å². The van der Waals surface area contributed by atoms with Gasteiger partial charge in [-0.25, -0.2) is 0 Å². The molecule has 0 atom stereocenters. The SMILES string of the molecule is c1ccc(C2(c3ccccc3)c3ccccc3-c3c(N(c4ccc(-c5cccc(-c6ccc7ccccc7c6)c5)cc4)c4ccccc4-c4ccc5oc6cc7ccccc7cc6c5c4)cccc32)cc1. The molecule has 0 bridgehead atoms. The summed E-state index contributed by atoms with van der Waals surface area (Å²) in [7, 11) is 0. The van der Waals surface area contributed by atoms with Crippen molar-refractivity contribution in [2.45, 2.75) is 5.41 Å². The van der Waals surface area contributed by atoms with Crippen LogP contribution in [0.2, 0.25) is 0 Å². The van der Waals surface area contributed by atoms with Crippen molar-refractivity contribution in [3.8, 4) is 44.5 Å². The maximum atomic E-state index is 6.53. The molecule has 0 N–H and O–H groups in total. The lowest BCUT2D eigenvalue weighted by atomic mass is 9.68. The first-order chi connectivity index (χ1) is 35.2. The van der Waals surface area contributed by atoms with Crippen LogP contribution in [-0.2, 0) is 5.41 Å². The van der Waals surface area contributed by atoms with Gasteiger partial charge in [0.2, 0.25) is 0 Å². The average Bonchev–Trinajstić information content (AvgIpc) is 3.96. The largest absolute Gasteiger partial charge is 0.456 e. The van der Waals surface area contributed by atoms with E-state index in [4.69, 9.17) is 4.42 Å². The highest BCUT2D eigenvalue weighted by Crippen LogP contribution is 2.60. The first-order valence-electron chi connectivity index (χ1n) is 24.5. The Morgan fingerprint density at radius 1 is 0.296 bits per heavy atom. The molecule has 2 nitrogen and oxygen atoms in total. The van der Waals surface area contributed by atoms with E-state index in [2.05, 4.69) is 278 Å². The predicted molar refractivity (Wildman–Crippen MR) is 297 cm³/mol. The zero-order chi connectivity index (χ0) is 46.9. The van der Waals surface area contributed by atoms with Gasteiger partial charge in [0.25, 0.3) is 0 Å². The molecule has 0 fully saturated rings. The summed E-state index contributed by atoms with van der Waals surface area (Å²) < 4.78 is 6.53. The number of hydrogen-bond donors (Lipinski definition) is 0. The molecule has 1 aliphatic rings. The molecule has 0 saturated carbocycles. The highest BCUT2D eigenvalue weighted by Gasteiger charge is 2.47. The molecule has 0 aliphatic heterocycles. The van der Waals surface area contributed by atoms with Gasteiger partial charge in [-0.3, -0.25) is 0 Å². The van der Waals surface area contributed by atoms with Crippen LogP contribution in [0.15, 0.2) is 277 Å². The van der Waals surface area contributed by atoms with E-state index in [0.29, 0.717) is 0 Å². The lowest BCUT2D eigenvalue weighted by Gasteiger charge is -2.34. The van der Waals surface area contributed by atoms with Crippen LogP contribution < -0.4 is 4.90 Å². The molecular weight excluding hydrogens is 859 g/mol. The van der Waals surface area contributed by atoms with Gasteiger partial charge in [-0.15, -0.1) is 0 Å². The molecule has 71 heavy (non-hydrogen) atoms. The third-order valence-corrected chi connectivity index (χ3v) is 14.9. The van der Waals surface area contributed by atoms with E-state index in [1.807, 2.05) is 0 Å². The molecule has 1 aromatic heterocycles. The van der Waals surface area contributed by atoms with Gasteiger partial charge in [0.1, 0.15) is 11.2 Å². The van der Waals surface area contributed by atoms with Crippen LogP contribution in [0.25, 0.3) is 88.0 Å². The summed E-state index contributed by atoms with van der Waals surface area (Å²) in [6, 6.07) is 100. The van der Waals surface area contributed by atoms with Gasteiger partial charge in [0, 0.05) is 27.6 Å². The molecule has 1 aliphatic carbocycles. The molecule has 13 aromatic rings. The highest BCUT2D eigenvalue weighted by atomic mass is 16.3. The number of nitrogens with zero attached hydrogens (tertiary/aromatic N) is 1. The minimum absolute atomic E-state index is 0.549. The molecule has 12 aromatic carbocycles. The molecule has 0 saturated heterocycles. The molecule has 332 valence electrons. The van der Waals surface area contributed by atoms with Gasteiger partial charge in [0.05, 0.1) is 16.8 Å². The van der Waals surface area contributed by atoms with E-state index in [1.165, 1.54) is 71.6 Å². The van der Waals surface area contributed by atoms with Crippen LogP contribution in [0, 0.1) is 0 Å². The number of para-hydroxylation sites is 1. The van der Waals surface area contributed by atoms with Crippen molar-refractivity contribution in [1.29, 1.82) is 0 Å². The molecule has 0 unspecified atom stereocenters. The van der Waals surface area contributed by atoms with E-state index >= 15 is 0 Å². The summed E-state index contributed by atoms with van der Waals surface area (Å²) in [5.41, 5.74) is 18.9. The van der Waals surface area contributed by atoms with Crippen LogP contribution in [-0.4, -0.2) is 0 Å². The standard InChI is InChI=1S/C69H45NO/c1-3-23-55(24-4-1)69(56-25-5-2-6-26-56)62-29-13-11-28-59(62)68-63(69)30-16-32-65(68)70(57-38-35-47(36-39-57)49-21-15-22-50(41-49)53-34-33-46-17-7-8-18-48(46)42-53)64-31-14-12-27-58(64)54-37-40-66-60(44-54)61-43-51-19-9-10-20-52(51)45-67(61)71-66/h1-45H. The molecule has 0 spiro atoms. The van der Waals surface area contributed by atoms with Crippen molar-refractivity contribution in [3.05, 3.63) is 295 Å². The van der Waals surface area contributed by atoms with Crippen molar-refractivity contribution >= 4 is 60.5 Å². The van der Waals surface area contributed by atoms with E-state index < -0.39 is 5.41 Å². The molecule has 0 radical (unpaired) electrons. The van der Waals surface area contributed by atoms with Gasteiger partial charge in [-0.1, -0.05) is 212 Å². The number of rotatable bonds is 8. The van der Waals surface area contributed by atoms with Gasteiger partial charge in [-0.05, 0) is 138 Å². The van der Waals surface area contributed by atoms with Gasteiger partial charge < -0.3 is 9.32 Å². The zero-order valence-corrected chi connectivity index (χ0v) is 38.8. The number of furan rings is 1. The van der Waals surface area contributed by atoms with Gasteiger partial charge in [0.15, 0.2) is 0 Å². The Kier molecular flexibility index (Phi) is 9.47. The normalized spacial score (nSPS) is 12.6. The Labute approximate surface area is 413 Å².